The number of likely N-dealkylation sites (N-methyl/N-ethyl adjacent to an activating group) is 1. The summed E-state index contributed by atoms with van der Waals surface area (Å²) in [6.07, 6.45) is 1.60. The molecule has 20 heavy (non-hydrogen) atoms. The highest BCUT2D eigenvalue weighted by Crippen LogP contribution is 2.11. The van der Waals surface area contributed by atoms with Crippen LogP contribution >= 0.6 is 0 Å². The number of carbonyl (C=O) groups excluding carboxylic acids is 2. The summed E-state index contributed by atoms with van der Waals surface area (Å²) in [5, 5.41) is 6.72. The van der Waals surface area contributed by atoms with Crippen molar-refractivity contribution in [3.63, 3.8) is 0 Å². The molecule has 2 amide bonds. The molecule has 0 atom stereocenters. The highest BCUT2D eigenvalue weighted by Gasteiger charge is 2.20. The maximum Gasteiger partial charge on any atom is 0.276 e. The first-order valence-electron chi connectivity index (χ1n) is 6.33. The van der Waals surface area contributed by atoms with Crippen LogP contribution in [0.1, 0.15) is 17.4 Å². The monoisotopic (exact) mass is 283 g/mol. The summed E-state index contributed by atoms with van der Waals surface area (Å²) in [6, 6.07) is 0. The van der Waals surface area contributed by atoms with Gasteiger partial charge < -0.3 is 20.7 Å². The molecular weight excluding hydrogens is 262 g/mol. The number of methoxy groups -OCH3 is 1. The molecule has 0 spiro atoms. The second kappa shape index (κ2) is 7.49. The van der Waals surface area contributed by atoms with Crippen LogP contribution in [0.2, 0.25) is 0 Å². The third kappa shape index (κ3) is 4.23. The van der Waals surface area contributed by atoms with Gasteiger partial charge in [0.2, 0.25) is 5.91 Å². The Morgan fingerprint density at radius 1 is 1.55 bits per heavy atom. The fourth-order valence-corrected chi connectivity index (χ4v) is 1.58. The number of anilines is 1. The van der Waals surface area contributed by atoms with Crippen molar-refractivity contribution in [3.05, 3.63) is 11.9 Å². The second-order valence-electron chi connectivity index (χ2n) is 4.29. The molecule has 112 valence electrons. The number of nitrogens with zero attached hydrogens (tertiary/aromatic N) is 3. The first-order valence-corrected chi connectivity index (χ1v) is 6.33. The molecule has 0 aliphatic heterocycles. The van der Waals surface area contributed by atoms with Crippen molar-refractivity contribution in [2.24, 2.45) is 0 Å². The van der Waals surface area contributed by atoms with Crippen molar-refractivity contribution in [2.45, 2.75) is 13.5 Å². The van der Waals surface area contributed by atoms with Crippen LogP contribution < -0.4 is 11.1 Å². The molecule has 1 aromatic rings. The van der Waals surface area contributed by atoms with Gasteiger partial charge in [0.25, 0.3) is 5.91 Å². The molecular formula is C12H21N5O3. The van der Waals surface area contributed by atoms with Crippen molar-refractivity contribution in [1.82, 2.24) is 20.0 Å². The lowest BCUT2D eigenvalue weighted by atomic mass is 10.3. The zero-order chi connectivity index (χ0) is 15.1. The second-order valence-corrected chi connectivity index (χ2v) is 4.29. The molecule has 8 nitrogen and oxygen atoms in total. The maximum absolute atomic E-state index is 12.1. The van der Waals surface area contributed by atoms with Crippen LogP contribution in [-0.2, 0) is 16.1 Å². The summed E-state index contributed by atoms with van der Waals surface area (Å²) in [6.45, 7) is 3.30. The molecule has 0 aliphatic carbocycles. The molecule has 0 unspecified atom stereocenters. The molecule has 0 aliphatic rings. The van der Waals surface area contributed by atoms with Crippen molar-refractivity contribution in [3.8, 4) is 0 Å². The lowest BCUT2D eigenvalue weighted by Crippen LogP contribution is -2.39. The van der Waals surface area contributed by atoms with Gasteiger partial charge in [-0.3, -0.25) is 14.3 Å². The van der Waals surface area contributed by atoms with Gasteiger partial charge in [-0.2, -0.15) is 5.10 Å². The van der Waals surface area contributed by atoms with Gasteiger partial charge in [0.15, 0.2) is 5.69 Å². The number of aryl methyl sites for hydroxylation is 1. The Hall–Kier alpha value is -2.09. The number of nitrogen functional groups attached to an aromatic ring is 1. The van der Waals surface area contributed by atoms with E-state index >= 15 is 0 Å². The normalized spacial score (nSPS) is 10.3. The van der Waals surface area contributed by atoms with E-state index in [0.29, 0.717) is 25.4 Å². The summed E-state index contributed by atoms with van der Waals surface area (Å²) in [5.41, 5.74) is 6.21. The summed E-state index contributed by atoms with van der Waals surface area (Å²) in [7, 11) is 3.08. The van der Waals surface area contributed by atoms with Crippen LogP contribution in [0.5, 0.6) is 0 Å². The molecule has 0 bridgehead atoms. The zero-order valence-corrected chi connectivity index (χ0v) is 12.0. The number of amides is 2. The molecule has 0 saturated heterocycles. The van der Waals surface area contributed by atoms with Crippen LogP contribution in [0.25, 0.3) is 0 Å². The molecule has 0 radical (unpaired) electrons. The highest BCUT2D eigenvalue weighted by atomic mass is 16.5. The predicted molar refractivity (Wildman–Crippen MR) is 74.2 cm³/mol. The van der Waals surface area contributed by atoms with Crippen LogP contribution in [0.3, 0.4) is 0 Å². The Morgan fingerprint density at radius 3 is 2.80 bits per heavy atom. The van der Waals surface area contributed by atoms with Crippen LogP contribution in [0.15, 0.2) is 6.20 Å². The van der Waals surface area contributed by atoms with Gasteiger partial charge in [0.1, 0.15) is 0 Å². The molecule has 0 aromatic carbocycles. The van der Waals surface area contributed by atoms with Crippen molar-refractivity contribution in [1.29, 1.82) is 0 Å². The number of hydrogen-bond donors (Lipinski definition) is 2. The molecule has 0 fully saturated rings. The van der Waals surface area contributed by atoms with Gasteiger partial charge in [-0.05, 0) is 6.92 Å². The first-order chi connectivity index (χ1) is 9.49. The van der Waals surface area contributed by atoms with E-state index in [2.05, 4.69) is 10.4 Å². The fraction of sp³-hybridized carbons (Fsp3) is 0.583. The Balaban J connectivity index is 2.57. The number of rotatable bonds is 7. The van der Waals surface area contributed by atoms with Gasteiger partial charge in [0.05, 0.1) is 18.8 Å². The Labute approximate surface area is 117 Å². The standard InChI is InChI=1S/C12H21N5O3/c1-4-17-7-9(13)11(15-17)12(19)16(2)8-10(18)14-5-6-20-3/h7H,4-6,8,13H2,1-3H3,(H,14,18). The van der Waals surface area contributed by atoms with Gasteiger partial charge in [-0.25, -0.2) is 0 Å². The van der Waals surface area contributed by atoms with Gasteiger partial charge in [-0.1, -0.05) is 0 Å². The maximum atomic E-state index is 12.1. The molecule has 0 saturated carbocycles. The minimum absolute atomic E-state index is 0.0546. The largest absolute Gasteiger partial charge is 0.396 e. The SMILES string of the molecule is CCn1cc(N)c(C(=O)N(C)CC(=O)NCCOC)n1. The fourth-order valence-electron chi connectivity index (χ4n) is 1.58. The molecule has 1 rings (SSSR count). The summed E-state index contributed by atoms with van der Waals surface area (Å²) in [5.74, 6) is -0.636. The lowest BCUT2D eigenvalue weighted by Gasteiger charge is -2.15. The molecule has 1 heterocycles. The smallest absolute Gasteiger partial charge is 0.276 e. The molecule has 3 N–H and O–H groups in total. The van der Waals surface area contributed by atoms with Crippen molar-refractivity contribution in [2.75, 3.05) is 39.6 Å². The predicted octanol–water partition coefficient (Wildman–Crippen LogP) is -0.680. The van der Waals surface area contributed by atoms with E-state index in [-0.39, 0.29) is 24.1 Å². The van der Waals surface area contributed by atoms with E-state index in [9.17, 15) is 9.59 Å². The summed E-state index contributed by atoms with van der Waals surface area (Å²) in [4.78, 5) is 25.0. The number of aromatic nitrogens is 2. The Bertz CT molecular complexity index is 472. The number of ether oxygens (including phenoxy) is 1. The summed E-state index contributed by atoms with van der Waals surface area (Å²) < 4.78 is 6.40. The third-order valence-electron chi connectivity index (χ3n) is 2.67. The summed E-state index contributed by atoms with van der Waals surface area (Å²) >= 11 is 0. The quantitative estimate of drug-likeness (QED) is 0.645. The first kappa shape index (κ1) is 16.0. The Morgan fingerprint density at radius 2 is 2.25 bits per heavy atom. The van der Waals surface area contributed by atoms with Gasteiger partial charge in [0, 0.05) is 33.4 Å². The number of carbonyl (C=O) groups is 2. The average molecular weight is 283 g/mol. The number of nitrogens with one attached hydrogen (secondary N) is 1. The van der Waals surface area contributed by atoms with Crippen LogP contribution in [0, 0.1) is 0 Å². The van der Waals surface area contributed by atoms with E-state index in [0.717, 1.165) is 0 Å². The van der Waals surface area contributed by atoms with Gasteiger partial charge >= 0.3 is 0 Å². The van der Waals surface area contributed by atoms with E-state index in [1.807, 2.05) is 6.92 Å². The third-order valence-corrected chi connectivity index (χ3v) is 2.67. The molecule has 8 heteroatoms. The minimum Gasteiger partial charge on any atom is -0.396 e. The van der Waals surface area contributed by atoms with Crippen LogP contribution in [-0.4, -0.2) is 60.3 Å². The highest BCUT2D eigenvalue weighted by molar-refractivity contribution is 5.98. The van der Waals surface area contributed by atoms with E-state index in [1.54, 1.807) is 18.0 Å². The van der Waals surface area contributed by atoms with E-state index < -0.39 is 0 Å². The average Bonchev–Trinajstić information content (AvgIpc) is 2.79. The van der Waals surface area contributed by atoms with Gasteiger partial charge in [-0.15, -0.1) is 0 Å². The topological polar surface area (TPSA) is 102 Å². The number of hydrogen-bond acceptors (Lipinski definition) is 5. The van der Waals surface area contributed by atoms with E-state index in [1.165, 1.54) is 11.9 Å². The van der Waals surface area contributed by atoms with Crippen molar-refractivity contribution >= 4 is 17.5 Å². The molecule has 1 aromatic heterocycles. The lowest BCUT2D eigenvalue weighted by molar-refractivity contribution is -0.121. The zero-order valence-electron chi connectivity index (χ0n) is 12.0. The van der Waals surface area contributed by atoms with E-state index in [4.69, 9.17) is 10.5 Å². The number of nitrogens with two attached hydrogens (primary N) is 1. The van der Waals surface area contributed by atoms with Crippen molar-refractivity contribution < 1.29 is 14.3 Å². The van der Waals surface area contributed by atoms with Crippen LogP contribution in [0.4, 0.5) is 5.69 Å². The Kier molecular flexibility index (Phi) is 5.98. The minimum atomic E-state index is -0.378.